The molecule has 0 heterocycles. The van der Waals surface area contributed by atoms with Crippen molar-refractivity contribution in [3.05, 3.63) is 35.9 Å². The van der Waals surface area contributed by atoms with E-state index in [1.807, 2.05) is 0 Å². The lowest BCUT2D eigenvalue weighted by Crippen LogP contribution is -2.12. The van der Waals surface area contributed by atoms with E-state index in [4.69, 9.17) is 0 Å². The van der Waals surface area contributed by atoms with Crippen LogP contribution in [-0.2, 0) is 14.6 Å². The van der Waals surface area contributed by atoms with Crippen molar-refractivity contribution in [1.82, 2.24) is 0 Å². The van der Waals surface area contributed by atoms with Gasteiger partial charge in [0.25, 0.3) is 0 Å². The fourth-order valence-corrected chi connectivity index (χ4v) is 1.09. The van der Waals surface area contributed by atoms with Gasteiger partial charge in [0.2, 0.25) is 0 Å². The van der Waals surface area contributed by atoms with Gasteiger partial charge in [-0.05, 0) is 25.0 Å². The molecule has 1 aromatic rings. The number of hydrogen-bond donors (Lipinski definition) is 0. The highest BCUT2D eigenvalue weighted by Gasteiger charge is 2.33. The summed E-state index contributed by atoms with van der Waals surface area (Å²) in [6.45, 7) is 0. The van der Waals surface area contributed by atoms with Gasteiger partial charge in [0.05, 0.1) is 11.5 Å². The van der Waals surface area contributed by atoms with Gasteiger partial charge in [-0.25, -0.2) is 19.4 Å². The minimum Gasteiger partial charge on any atom is -0.247 e. The van der Waals surface area contributed by atoms with Crippen molar-refractivity contribution in [2.45, 2.75) is 12.8 Å². The number of carbonyl (C=O) groups is 2. The highest BCUT2D eigenvalue weighted by molar-refractivity contribution is 5.89. The second kappa shape index (κ2) is 4.13. The predicted octanol–water partition coefficient (Wildman–Crippen LogP) is 1.71. The number of rotatable bonds is 2. The average molecular weight is 206 g/mol. The van der Waals surface area contributed by atoms with Crippen LogP contribution in [0.4, 0.5) is 0 Å². The van der Waals surface area contributed by atoms with E-state index < -0.39 is 11.9 Å². The van der Waals surface area contributed by atoms with Crippen molar-refractivity contribution in [2.75, 3.05) is 0 Å². The van der Waals surface area contributed by atoms with Crippen LogP contribution in [0.15, 0.2) is 30.3 Å². The molecule has 4 nitrogen and oxygen atoms in total. The SMILES string of the molecule is O=C(OOC(=O)C1CC1)c1ccccc1. The lowest BCUT2D eigenvalue weighted by molar-refractivity contribution is -0.235. The van der Waals surface area contributed by atoms with Gasteiger partial charge in [-0.3, -0.25) is 0 Å². The van der Waals surface area contributed by atoms with Crippen LogP contribution in [0.1, 0.15) is 23.2 Å². The van der Waals surface area contributed by atoms with Gasteiger partial charge in [0.15, 0.2) is 0 Å². The molecule has 0 atom stereocenters. The van der Waals surface area contributed by atoms with Crippen LogP contribution in [0.2, 0.25) is 0 Å². The topological polar surface area (TPSA) is 52.6 Å². The molecular weight excluding hydrogens is 196 g/mol. The normalized spacial score (nSPS) is 14.4. The van der Waals surface area contributed by atoms with Gasteiger partial charge in [-0.2, -0.15) is 0 Å². The summed E-state index contributed by atoms with van der Waals surface area (Å²) < 4.78 is 0. The van der Waals surface area contributed by atoms with Crippen LogP contribution >= 0.6 is 0 Å². The monoisotopic (exact) mass is 206 g/mol. The lowest BCUT2D eigenvalue weighted by atomic mass is 10.2. The predicted molar refractivity (Wildman–Crippen MR) is 50.7 cm³/mol. The first-order chi connectivity index (χ1) is 7.27. The Morgan fingerprint density at radius 2 is 1.73 bits per heavy atom. The maximum Gasteiger partial charge on any atom is 0.386 e. The van der Waals surface area contributed by atoms with E-state index in [9.17, 15) is 9.59 Å². The molecule has 0 aromatic heterocycles. The molecule has 0 saturated heterocycles. The largest absolute Gasteiger partial charge is 0.386 e. The first-order valence-corrected chi connectivity index (χ1v) is 4.75. The summed E-state index contributed by atoms with van der Waals surface area (Å²) >= 11 is 0. The summed E-state index contributed by atoms with van der Waals surface area (Å²) in [5.41, 5.74) is 0.362. The summed E-state index contributed by atoms with van der Waals surface area (Å²) in [6.07, 6.45) is 1.64. The van der Waals surface area contributed by atoms with E-state index in [-0.39, 0.29) is 5.92 Å². The van der Waals surface area contributed by atoms with Crippen LogP contribution in [0.3, 0.4) is 0 Å². The van der Waals surface area contributed by atoms with E-state index >= 15 is 0 Å². The van der Waals surface area contributed by atoms with Gasteiger partial charge in [0.1, 0.15) is 0 Å². The molecule has 4 heteroatoms. The highest BCUT2D eigenvalue weighted by Crippen LogP contribution is 2.30. The second-order valence-corrected chi connectivity index (χ2v) is 3.41. The first-order valence-electron chi connectivity index (χ1n) is 4.75. The molecule has 2 rings (SSSR count). The Morgan fingerprint density at radius 3 is 2.33 bits per heavy atom. The zero-order valence-electron chi connectivity index (χ0n) is 8.01. The third-order valence-electron chi connectivity index (χ3n) is 2.12. The van der Waals surface area contributed by atoms with Crippen LogP contribution in [0, 0.1) is 5.92 Å². The Labute approximate surface area is 86.7 Å². The Morgan fingerprint density at radius 1 is 1.07 bits per heavy atom. The minimum atomic E-state index is -0.649. The summed E-state index contributed by atoms with van der Waals surface area (Å²) in [5.74, 6) is -1.18. The van der Waals surface area contributed by atoms with Gasteiger partial charge in [0, 0.05) is 0 Å². The Bertz CT molecular complexity index is 367. The molecule has 15 heavy (non-hydrogen) atoms. The van der Waals surface area contributed by atoms with Gasteiger partial charge < -0.3 is 0 Å². The molecule has 1 aliphatic rings. The standard InChI is InChI=1S/C11H10O4/c12-10(8-4-2-1-3-5-8)14-15-11(13)9-6-7-9/h1-5,9H,6-7H2. The van der Waals surface area contributed by atoms with Crippen molar-refractivity contribution in [3.8, 4) is 0 Å². The minimum absolute atomic E-state index is 0.0754. The van der Waals surface area contributed by atoms with Crippen molar-refractivity contribution >= 4 is 11.9 Å². The maximum atomic E-state index is 11.3. The molecule has 1 aliphatic carbocycles. The molecule has 0 bridgehead atoms. The summed E-state index contributed by atoms with van der Waals surface area (Å²) in [5, 5.41) is 0. The molecule has 0 unspecified atom stereocenters. The Balaban J connectivity index is 1.84. The average Bonchev–Trinajstić information content (AvgIpc) is 3.10. The summed E-state index contributed by atoms with van der Waals surface area (Å²) in [6, 6.07) is 8.38. The Kier molecular flexibility index (Phi) is 2.67. The van der Waals surface area contributed by atoms with Crippen LogP contribution in [0.25, 0.3) is 0 Å². The molecule has 0 N–H and O–H groups in total. The molecule has 0 spiro atoms. The second-order valence-electron chi connectivity index (χ2n) is 3.41. The van der Waals surface area contributed by atoms with Crippen molar-refractivity contribution < 1.29 is 19.4 Å². The fraction of sp³-hybridized carbons (Fsp3) is 0.273. The van der Waals surface area contributed by atoms with Crippen LogP contribution in [-0.4, -0.2) is 11.9 Å². The van der Waals surface area contributed by atoms with Gasteiger partial charge >= 0.3 is 11.9 Å². The molecule has 0 aliphatic heterocycles. The number of hydrogen-bond acceptors (Lipinski definition) is 4. The molecular formula is C11H10O4. The van der Waals surface area contributed by atoms with Gasteiger partial charge in [-0.1, -0.05) is 18.2 Å². The fourth-order valence-electron chi connectivity index (χ4n) is 1.09. The number of carbonyl (C=O) groups excluding carboxylic acids is 2. The zero-order chi connectivity index (χ0) is 10.7. The molecule has 0 amide bonds. The molecule has 1 fully saturated rings. The highest BCUT2D eigenvalue weighted by atomic mass is 17.2. The maximum absolute atomic E-state index is 11.3. The third-order valence-corrected chi connectivity index (χ3v) is 2.12. The van der Waals surface area contributed by atoms with Crippen molar-refractivity contribution in [2.24, 2.45) is 5.92 Å². The van der Waals surface area contributed by atoms with Crippen molar-refractivity contribution in [3.63, 3.8) is 0 Å². The third kappa shape index (κ3) is 2.56. The summed E-state index contributed by atoms with van der Waals surface area (Å²) in [4.78, 5) is 31.1. The van der Waals surface area contributed by atoms with Crippen molar-refractivity contribution in [1.29, 1.82) is 0 Å². The Hall–Kier alpha value is -1.84. The molecule has 78 valence electrons. The smallest absolute Gasteiger partial charge is 0.247 e. The van der Waals surface area contributed by atoms with Crippen LogP contribution < -0.4 is 0 Å². The molecule has 1 saturated carbocycles. The van der Waals surface area contributed by atoms with Gasteiger partial charge in [-0.15, -0.1) is 0 Å². The number of benzene rings is 1. The van der Waals surface area contributed by atoms with E-state index in [2.05, 4.69) is 9.78 Å². The first kappa shape index (κ1) is 9.71. The van der Waals surface area contributed by atoms with E-state index in [0.29, 0.717) is 5.56 Å². The molecule has 1 aromatic carbocycles. The van der Waals surface area contributed by atoms with Crippen LogP contribution in [0.5, 0.6) is 0 Å². The lowest BCUT2D eigenvalue weighted by Gasteiger charge is -2.01. The van der Waals surface area contributed by atoms with E-state index in [1.165, 1.54) is 0 Å². The summed E-state index contributed by atoms with van der Waals surface area (Å²) in [7, 11) is 0. The molecule has 0 radical (unpaired) electrons. The quantitative estimate of drug-likeness (QED) is 0.546. The van der Waals surface area contributed by atoms with E-state index in [1.54, 1.807) is 30.3 Å². The zero-order valence-corrected chi connectivity index (χ0v) is 8.01. The van der Waals surface area contributed by atoms with E-state index in [0.717, 1.165) is 12.8 Å².